The van der Waals surface area contributed by atoms with Crippen LogP contribution in [-0.4, -0.2) is 57.4 Å². The quantitative estimate of drug-likeness (QED) is 0.152. The minimum absolute atomic E-state index is 0.0525. The molecule has 3 aliphatic rings. The molecule has 0 aromatic carbocycles. The summed E-state index contributed by atoms with van der Waals surface area (Å²) in [4.78, 5) is 58.3. The van der Waals surface area contributed by atoms with Gasteiger partial charge in [0.05, 0.1) is 84.1 Å². The highest BCUT2D eigenvalue weighted by molar-refractivity contribution is 7.19. The number of H-pyrrole nitrogens is 1. The summed E-state index contributed by atoms with van der Waals surface area (Å²) in [5, 5.41) is 11.0. The number of carbonyl (C=O) groups is 3. The van der Waals surface area contributed by atoms with Crippen molar-refractivity contribution in [1.29, 1.82) is 0 Å². The van der Waals surface area contributed by atoms with Crippen LogP contribution in [0.15, 0.2) is 94.5 Å². The Morgan fingerprint density at radius 1 is 0.472 bits per heavy atom. The number of nitrogens with one attached hydrogen (secondary N) is 1. The molecule has 0 unspecified atom stereocenters. The normalized spacial score (nSPS) is 14.4. The zero-order valence-corrected chi connectivity index (χ0v) is 44.8. The van der Waals surface area contributed by atoms with Crippen molar-refractivity contribution in [2.45, 2.75) is 69.2 Å². The van der Waals surface area contributed by atoms with Crippen LogP contribution in [0.3, 0.4) is 0 Å². The molecule has 364 valence electrons. The van der Waals surface area contributed by atoms with E-state index < -0.39 is 0 Å². The smallest absolute Gasteiger partial charge is 0.280 e. The highest BCUT2D eigenvalue weighted by atomic mass is 32.1. The first-order chi connectivity index (χ1) is 34.3. The van der Waals surface area contributed by atoms with Gasteiger partial charge in [-0.1, -0.05) is 0 Å². The molecule has 12 rings (SSSR count). The van der Waals surface area contributed by atoms with Crippen molar-refractivity contribution in [3.63, 3.8) is 0 Å². The maximum Gasteiger partial charge on any atom is 0.280 e. The van der Waals surface area contributed by atoms with Crippen molar-refractivity contribution in [3.05, 3.63) is 154 Å². The number of carbonyl (C=O) groups excluding carboxylic acids is 3. The SMILES string of the molecule is Cc1cc(C)c(-c2cc(C)c(C3=NC(=O)c4c(-c5sc(-c6oc(C)cc6C)cc5C)[nH]c(O)c43)s2)o1.Cc1cc(C)c(-c2ccc(C3=C4C(=O)N(C)C(c5ccc(-c6oc(C)cc6C)s5)=C4C(=O)N3C)s2)o1. The molecule has 0 bridgehead atoms. The van der Waals surface area contributed by atoms with Gasteiger partial charge in [0, 0.05) is 14.1 Å². The number of likely N-dealkylation sites (N-methyl/N-ethyl adjacent to an activating group) is 2. The molecule has 3 aliphatic heterocycles. The number of aryl methyl sites for hydroxylation is 10. The molecule has 0 saturated heterocycles. The monoisotopic (exact) mass is 1030 g/mol. The van der Waals surface area contributed by atoms with Crippen molar-refractivity contribution in [2.24, 2.45) is 4.99 Å². The summed E-state index contributed by atoms with van der Waals surface area (Å²) in [6, 6.07) is 20.0. The summed E-state index contributed by atoms with van der Waals surface area (Å²) in [7, 11) is 3.47. The number of aromatic amines is 1. The Hall–Kier alpha value is -7.24. The molecule has 12 heterocycles. The minimum atomic E-state index is -0.356. The van der Waals surface area contributed by atoms with Gasteiger partial charge in [0.2, 0.25) is 0 Å². The average molecular weight is 1030 g/mol. The van der Waals surface area contributed by atoms with E-state index in [1.165, 1.54) is 45.3 Å². The molecule has 0 saturated carbocycles. The maximum atomic E-state index is 13.5. The Bertz CT molecular complexity index is 3770. The number of rotatable bonds is 8. The standard InChI is InChI=1S/2C28H24N2O4S2/c1-11-7-15(5)33-23(11)17-9-13(3)25(35-17)21-19-20(28(32)29-21)22(30-27(19)31)26-14(4)10-18(36-26)24-12(2)8-16(6)34-24;1-13-11-15(3)33-25(13)19-9-7-17(35-19)23-21-22(28(32)29(23)5)24(30(6)27(21)31)18-8-10-20(36-18)26-14(2)12-16(4)34-26/h7-10,29,32H,1-6H3;7-12H,1-6H3. The fourth-order valence-corrected chi connectivity index (χ4v) is 14.7. The summed E-state index contributed by atoms with van der Waals surface area (Å²) < 4.78 is 23.6. The van der Waals surface area contributed by atoms with Gasteiger partial charge in [-0.05, 0) is 163 Å². The molecule has 16 heteroatoms. The van der Waals surface area contributed by atoms with Gasteiger partial charge in [0.15, 0.2) is 5.88 Å². The first kappa shape index (κ1) is 47.1. The molecule has 9 aromatic rings. The Balaban J connectivity index is 0.000000156. The lowest BCUT2D eigenvalue weighted by Gasteiger charge is -2.18. The van der Waals surface area contributed by atoms with Gasteiger partial charge in [-0.25, -0.2) is 4.99 Å². The Kier molecular flexibility index (Phi) is 11.3. The Morgan fingerprint density at radius 3 is 1.25 bits per heavy atom. The molecular weight excluding hydrogens is 985 g/mol. The third-order valence-electron chi connectivity index (χ3n) is 13.1. The van der Waals surface area contributed by atoms with Crippen molar-refractivity contribution in [3.8, 4) is 59.0 Å². The number of hydrogen-bond acceptors (Lipinski definition) is 12. The second-order valence-corrected chi connectivity index (χ2v) is 22.9. The molecule has 9 aromatic heterocycles. The van der Waals surface area contributed by atoms with E-state index in [0.29, 0.717) is 45.1 Å². The second-order valence-electron chi connectivity index (χ2n) is 18.6. The highest BCUT2D eigenvalue weighted by Crippen LogP contribution is 2.50. The molecule has 0 fully saturated rings. The predicted molar refractivity (Wildman–Crippen MR) is 286 cm³/mol. The van der Waals surface area contributed by atoms with Gasteiger partial charge in [0.25, 0.3) is 17.7 Å². The molecule has 0 spiro atoms. The zero-order chi connectivity index (χ0) is 50.9. The van der Waals surface area contributed by atoms with Gasteiger partial charge in [-0.2, -0.15) is 0 Å². The van der Waals surface area contributed by atoms with E-state index in [0.717, 1.165) is 118 Å². The summed E-state index contributed by atoms with van der Waals surface area (Å²) in [5.74, 6) is 5.94. The van der Waals surface area contributed by atoms with E-state index in [9.17, 15) is 19.5 Å². The van der Waals surface area contributed by atoms with E-state index >= 15 is 0 Å². The van der Waals surface area contributed by atoms with Crippen LogP contribution in [0.5, 0.6) is 5.88 Å². The van der Waals surface area contributed by atoms with Crippen LogP contribution in [0.4, 0.5) is 0 Å². The van der Waals surface area contributed by atoms with Crippen LogP contribution in [-0.2, 0) is 9.59 Å². The van der Waals surface area contributed by atoms with Crippen molar-refractivity contribution in [1.82, 2.24) is 14.8 Å². The number of amides is 3. The number of nitrogens with zero attached hydrogens (tertiary/aromatic N) is 3. The van der Waals surface area contributed by atoms with Gasteiger partial charge < -0.3 is 37.6 Å². The summed E-state index contributed by atoms with van der Waals surface area (Å²) in [5.41, 5.74) is 10.4. The summed E-state index contributed by atoms with van der Waals surface area (Å²) in [6.45, 7) is 19.8. The van der Waals surface area contributed by atoms with Crippen LogP contribution in [0.2, 0.25) is 0 Å². The van der Waals surface area contributed by atoms with E-state index in [-0.39, 0.29) is 23.6 Å². The van der Waals surface area contributed by atoms with E-state index in [1.807, 2.05) is 124 Å². The second kappa shape index (κ2) is 17.2. The molecule has 2 N–H and O–H groups in total. The van der Waals surface area contributed by atoms with Crippen LogP contribution in [0.25, 0.3) is 64.5 Å². The fourth-order valence-electron chi connectivity index (χ4n) is 9.97. The first-order valence-electron chi connectivity index (χ1n) is 23.1. The van der Waals surface area contributed by atoms with Gasteiger partial charge >= 0.3 is 0 Å². The Morgan fingerprint density at radius 2 is 0.847 bits per heavy atom. The number of furan rings is 4. The minimum Gasteiger partial charge on any atom is -0.494 e. The predicted octanol–water partition coefficient (Wildman–Crippen LogP) is 14.5. The van der Waals surface area contributed by atoms with E-state index in [4.69, 9.17) is 17.7 Å². The van der Waals surface area contributed by atoms with E-state index in [1.54, 1.807) is 23.9 Å². The third kappa shape index (κ3) is 7.49. The lowest BCUT2D eigenvalue weighted by atomic mass is 10.0. The third-order valence-corrected chi connectivity index (χ3v) is 17.8. The summed E-state index contributed by atoms with van der Waals surface area (Å²) >= 11 is 6.09. The fraction of sp³-hybridized carbons (Fsp3) is 0.214. The summed E-state index contributed by atoms with van der Waals surface area (Å²) in [6.07, 6.45) is 0. The number of aliphatic imine (C=N–C) groups is 1. The topological polar surface area (TPSA) is 159 Å². The van der Waals surface area contributed by atoms with Crippen LogP contribution in [0, 0.1) is 69.2 Å². The molecule has 3 amide bonds. The number of thiophene rings is 4. The molecule has 0 aliphatic carbocycles. The van der Waals surface area contributed by atoms with Gasteiger partial charge in [0.1, 0.15) is 46.1 Å². The highest BCUT2D eigenvalue weighted by Gasteiger charge is 2.47. The molecule has 72 heavy (non-hydrogen) atoms. The lowest BCUT2D eigenvalue weighted by molar-refractivity contribution is -0.123. The van der Waals surface area contributed by atoms with Gasteiger partial charge in [-0.15, -0.1) is 45.3 Å². The van der Waals surface area contributed by atoms with Crippen molar-refractivity contribution < 1.29 is 37.2 Å². The number of hydrogen-bond donors (Lipinski definition) is 2. The molecular formula is C56H48N4O8S4. The lowest BCUT2D eigenvalue weighted by Crippen LogP contribution is -2.24. The first-order valence-corrected chi connectivity index (χ1v) is 26.4. The largest absolute Gasteiger partial charge is 0.494 e. The molecule has 0 radical (unpaired) electrons. The van der Waals surface area contributed by atoms with Gasteiger partial charge in [-0.3, -0.25) is 14.4 Å². The number of fused-ring (bicyclic) bond motifs is 2. The van der Waals surface area contributed by atoms with Crippen molar-refractivity contribution in [2.75, 3.05) is 14.1 Å². The van der Waals surface area contributed by atoms with Crippen molar-refractivity contribution >= 4 is 80.2 Å². The molecule has 12 nitrogen and oxygen atoms in total. The maximum absolute atomic E-state index is 13.5. The molecule has 0 atom stereocenters. The zero-order valence-electron chi connectivity index (χ0n) is 41.6. The van der Waals surface area contributed by atoms with Crippen LogP contribution in [0.1, 0.15) is 87.0 Å². The average Bonchev–Trinajstić information content (AvgIpc) is 4.16. The number of aromatic nitrogens is 1. The number of aromatic hydroxyl groups is 1. The van der Waals surface area contributed by atoms with Crippen LogP contribution >= 0.6 is 45.3 Å². The van der Waals surface area contributed by atoms with E-state index in [2.05, 4.69) is 16.0 Å². The Labute approximate surface area is 430 Å². The van der Waals surface area contributed by atoms with Crippen LogP contribution < -0.4 is 0 Å².